The molecular weight excluding hydrogens is 238 g/mol. The van der Waals surface area contributed by atoms with Crippen LogP contribution in [0.3, 0.4) is 0 Å². The maximum atomic E-state index is 5.53. The molecule has 0 radical (unpaired) electrons. The molecule has 6 nitrogen and oxygen atoms in total. The van der Waals surface area contributed by atoms with Crippen molar-refractivity contribution in [3.63, 3.8) is 0 Å². The van der Waals surface area contributed by atoms with E-state index >= 15 is 0 Å². The second-order valence-electron chi connectivity index (χ2n) is 3.31. The molecule has 0 aromatic carbocycles. The van der Waals surface area contributed by atoms with Crippen molar-refractivity contribution in [2.75, 3.05) is 11.9 Å². The summed E-state index contributed by atoms with van der Waals surface area (Å²) >= 11 is 4.89. The summed E-state index contributed by atoms with van der Waals surface area (Å²) in [6.07, 6.45) is 3.67. The van der Waals surface area contributed by atoms with E-state index in [2.05, 4.69) is 20.4 Å². The van der Waals surface area contributed by atoms with Gasteiger partial charge in [-0.15, -0.1) is 0 Å². The fourth-order valence-corrected chi connectivity index (χ4v) is 1.41. The molecule has 2 aromatic heterocycles. The Balaban J connectivity index is 1.90. The van der Waals surface area contributed by atoms with E-state index in [0.29, 0.717) is 23.8 Å². The highest BCUT2D eigenvalue weighted by Gasteiger charge is 2.01. The number of nitrogens with zero attached hydrogens (tertiary/aromatic N) is 3. The van der Waals surface area contributed by atoms with Gasteiger partial charge in [0.05, 0.1) is 0 Å². The van der Waals surface area contributed by atoms with Gasteiger partial charge in [-0.3, -0.25) is 0 Å². The third-order valence-electron chi connectivity index (χ3n) is 2.10. The number of pyridine rings is 1. The maximum Gasteiger partial charge on any atom is 0.228 e. The van der Waals surface area contributed by atoms with Gasteiger partial charge in [-0.25, -0.2) is 4.98 Å². The quantitative estimate of drug-likeness (QED) is 0.756. The predicted molar refractivity (Wildman–Crippen MR) is 66.6 cm³/mol. The van der Waals surface area contributed by atoms with Crippen LogP contribution in [0.1, 0.15) is 11.5 Å². The minimum absolute atomic E-state index is 0.354. The molecule has 0 fully saturated rings. The highest BCUT2D eigenvalue weighted by Crippen LogP contribution is 2.06. The average molecular weight is 249 g/mol. The zero-order valence-electron chi connectivity index (χ0n) is 8.96. The molecule has 0 aliphatic rings. The first-order valence-corrected chi connectivity index (χ1v) is 5.42. The fraction of sp³-hybridized carbons (Fsp3) is 0.200. The van der Waals surface area contributed by atoms with Gasteiger partial charge in [0.2, 0.25) is 5.89 Å². The first-order valence-electron chi connectivity index (χ1n) is 5.01. The van der Waals surface area contributed by atoms with Crippen molar-refractivity contribution in [1.29, 1.82) is 0 Å². The van der Waals surface area contributed by atoms with Crippen molar-refractivity contribution in [3.05, 3.63) is 36.1 Å². The largest absolute Gasteiger partial charge is 0.389 e. The predicted octanol–water partition coefficient (Wildman–Crippen LogP) is 0.753. The van der Waals surface area contributed by atoms with E-state index in [-0.39, 0.29) is 0 Å². The molecule has 0 saturated heterocycles. The van der Waals surface area contributed by atoms with Gasteiger partial charge in [0.1, 0.15) is 10.8 Å². The van der Waals surface area contributed by atoms with Gasteiger partial charge in [0.25, 0.3) is 0 Å². The summed E-state index contributed by atoms with van der Waals surface area (Å²) in [5.41, 5.74) is 6.32. The third-order valence-corrected chi connectivity index (χ3v) is 2.33. The van der Waals surface area contributed by atoms with Crippen LogP contribution in [-0.2, 0) is 6.42 Å². The lowest BCUT2D eigenvalue weighted by Crippen LogP contribution is -2.11. The Morgan fingerprint density at radius 3 is 3.06 bits per heavy atom. The SMILES string of the molecule is NC(=S)c1ccnc(NCCc2ncno2)c1. The molecule has 88 valence electrons. The van der Waals surface area contributed by atoms with E-state index in [9.17, 15) is 0 Å². The van der Waals surface area contributed by atoms with Gasteiger partial charge in [-0.05, 0) is 12.1 Å². The van der Waals surface area contributed by atoms with Crippen LogP contribution >= 0.6 is 12.2 Å². The minimum atomic E-state index is 0.354. The van der Waals surface area contributed by atoms with Crippen LogP contribution in [0.5, 0.6) is 0 Å². The number of hydrogen-bond donors (Lipinski definition) is 2. The van der Waals surface area contributed by atoms with E-state index in [4.69, 9.17) is 22.5 Å². The van der Waals surface area contributed by atoms with Crippen LogP contribution in [0.25, 0.3) is 0 Å². The normalized spacial score (nSPS) is 10.1. The van der Waals surface area contributed by atoms with Crippen molar-refractivity contribution in [1.82, 2.24) is 15.1 Å². The van der Waals surface area contributed by atoms with E-state index in [0.717, 1.165) is 11.4 Å². The topological polar surface area (TPSA) is 89.9 Å². The van der Waals surface area contributed by atoms with Crippen molar-refractivity contribution < 1.29 is 4.52 Å². The minimum Gasteiger partial charge on any atom is -0.389 e. The van der Waals surface area contributed by atoms with Gasteiger partial charge in [0.15, 0.2) is 6.33 Å². The molecule has 2 heterocycles. The van der Waals surface area contributed by atoms with Gasteiger partial charge in [-0.2, -0.15) is 4.98 Å². The smallest absolute Gasteiger partial charge is 0.228 e. The molecule has 17 heavy (non-hydrogen) atoms. The van der Waals surface area contributed by atoms with Crippen LogP contribution in [-0.4, -0.2) is 26.7 Å². The highest BCUT2D eigenvalue weighted by atomic mass is 32.1. The third kappa shape index (κ3) is 3.22. The fourth-order valence-electron chi connectivity index (χ4n) is 1.28. The monoisotopic (exact) mass is 249 g/mol. The number of rotatable bonds is 5. The number of nitrogens with one attached hydrogen (secondary N) is 1. The molecule has 0 aliphatic heterocycles. The lowest BCUT2D eigenvalue weighted by Gasteiger charge is -2.05. The van der Waals surface area contributed by atoms with Crippen molar-refractivity contribution >= 4 is 23.0 Å². The summed E-state index contributed by atoms with van der Waals surface area (Å²) < 4.78 is 4.87. The number of nitrogens with two attached hydrogens (primary N) is 1. The average Bonchev–Trinajstić information content (AvgIpc) is 2.82. The molecule has 0 unspecified atom stereocenters. The van der Waals surface area contributed by atoms with E-state index in [1.54, 1.807) is 18.3 Å². The zero-order chi connectivity index (χ0) is 12.1. The maximum absolute atomic E-state index is 5.53. The lowest BCUT2D eigenvalue weighted by atomic mass is 10.2. The molecule has 2 rings (SSSR count). The van der Waals surface area contributed by atoms with Crippen LogP contribution in [0.2, 0.25) is 0 Å². The number of hydrogen-bond acceptors (Lipinski definition) is 6. The van der Waals surface area contributed by atoms with Crippen molar-refractivity contribution in [2.24, 2.45) is 5.73 Å². The van der Waals surface area contributed by atoms with Crippen molar-refractivity contribution in [3.8, 4) is 0 Å². The summed E-state index contributed by atoms with van der Waals surface area (Å²) in [6, 6.07) is 3.57. The molecule has 7 heteroatoms. The molecule has 0 saturated carbocycles. The molecule has 3 N–H and O–H groups in total. The highest BCUT2D eigenvalue weighted by molar-refractivity contribution is 7.80. The van der Waals surface area contributed by atoms with Crippen LogP contribution < -0.4 is 11.1 Å². The summed E-state index contributed by atoms with van der Waals surface area (Å²) in [7, 11) is 0. The summed E-state index contributed by atoms with van der Waals surface area (Å²) in [5.74, 6) is 1.30. The lowest BCUT2D eigenvalue weighted by molar-refractivity contribution is 0.379. The van der Waals surface area contributed by atoms with E-state index in [1.165, 1.54) is 6.33 Å². The molecule has 2 aromatic rings. The second-order valence-corrected chi connectivity index (χ2v) is 3.75. The Bertz CT molecular complexity index is 499. The summed E-state index contributed by atoms with van der Waals surface area (Å²) in [6.45, 7) is 0.649. The van der Waals surface area contributed by atoms with Gasteiger partial charge < -0.3 is 15.6 Å². The number of anilines is 1. The second kappa shape index (κ2) is 5.35. The van der Waals surface area contributed by atoms with Crippen LogP contribution in [0.15, 0.2) is 29.2 Å². The standard InChI is InChI=1S/C10H11N5OS/c11-10(17)7-1-3-12-8(5-7)13-4-2-9-14-6-15-16-9/h1,3,5-6H,2,4H2,(H2,11,17)(H,12,13). The Morgan fingerprint density at radius 2 is 2.35 bits per heavy atom. The van der Waals surface area contributed by atoms with E-state index in [1.807, 2.05) is 0 Å². The Hall–Kier alpha value is -2.02. The van der Waals surface area contributed by atoms with Gasteiger partial charge in [-0.1, -0.05) is 17.4 Å². The molecule has 0 amide bonds. The molecule has 0 bridgehead atoms. The summed E-state index contributed by atoms with van der Waals surface area (Å²) in [5, 5.41) is 6.65. The number of thiocarbonyl (C=S) groups is 1. The molecule has 0 atom stereocenters. The Labute approximate surface area is 103 Å². The Morgan fingerprint density at radius 1 is 1.47 bits per heavy atom. The summed E-state index contributed by atoms with van der Waals surface area (Å²) in [4.78, 5) is 8.42. The first-order chi connectivity index (χ1) is 8.25. The molecule has 0 spiro atoms. The molecule has 0 aliphatic carbocycles. The molecular formula is C10H11N5OS. The number of aromatic nitrogens is 3. The van der Waals surface area contributed by atoms with Crippen molar-refractivity contribution in [2.45, 2.75) is 6.42 Å². The van der Waals surface area contributed by atoms with Gasteiger partial charge in [0, 0.05) is 24.7 Å². The Kier molecular flexibility index (Phi) is 3.61. The zero-order valence-corrected chi connectivity index (χ0v) is 9.78. The van der Waals surface area contributed by atoms with Crippen LogP contribution in [0, 0.1) is 0 Å². The van der Waals surface area contributed by atoms with Gasteiger partial charge >= 0.3 is 0 Å². The first kappa shape index (κ1) is 11.5. The van der Waals surface area contributed by atoms with E-state index < -0.39 is 0 Å². The van der Waals surface area contributed by atoms with Crippen LogP contribution in [0.4, 0.5) is 5.82 Å².